The summed E-state index contributed by atoms with van der Waals surface area (Å²) in [6.45, 7) is 0.573. The van der Waals surface area contributed by atoms with Crippen molar-refractivity contribution < 1.29 is 9.72 Å². The van der Waals surface area contributed by atoms with Gasteiger partial charge in [-0.3, -0.25) is 14.9 Å². The number of hydrogen-bond acceptors (Lipinski definition) is 4. The topological polar surface area (TPSA) is 98.3 Å². The molecule has 1 aliphatic rings. The summed E-state index contributed by atoms with van der Waals surface area (Å²) < 4.78 is 0. The van der Waals surface area contributed by atoms with Crippen molar-refractivity contribution >= 4 is 35.6 Å². The minimum absolute atomic E-state index is 0. The molecule has 1 aromatic rings. The molecule has 0 bridgehead atoms. The van der Waals surface area contributed by atoms with Gasteiger partial charge in [0.25, 0.3) is 5.69 Å². The molecule has 8 heteroatoms. The van der Waals surface area contributed by atoms with E-state index in [0.717, 1.165) is 25.7 Å². The number of nitrogens with zero attached hydrogens (tertiary/aromatic N) is 1. The number of carbonyl (C=O) groups is 1. The maximum atomic E-state index is 12.2. The Balaban J connectivity index is 0.00000264. The van der Waals surface area contributed by atoms with E-state index in [1.807, 2.05) is 0 Å². The third kappa shape index (κ3) is 5.34. The number of benzene rings is 1. The van der Waals surface area contributed by atoms with Gasteiger partial charge in [-0.25, -0.2) is 0 Å². The average Bonchev–Trinajstić information content (AvgIpc) is 2.49. The van der Waals surface area contributed by atoms with Crippen LogP contribution in [0.25, 0.3) is 0 Å². The fourth-order valence-corrected chi connectivity index (χ4v) is 3.15. The van der Waals surface area contributed by atoms with Crippen LogP contribution in [0.5, 0.6) is 0 Å². The molecule has 1 aromatic carbocycles. The van der Waals surface area contributed by atoms with Gasteiger partial charge in [0.15, 0.2) is 0 Å². The second-order valence-electron chi connectivity index (χ2n) is 5.66. The van der Waals surface area contributed by atoms with Crippen LogP contribution < -0.4 is 11.1 Å². The lowest BCUT2D eigenvalue weighted by Crippen LogP contribution is -2.45. The average molecular weight is 362 g/mol. The van der Waals surface area contributed by atoms with E-state index in [0.29, 0.717) is 18.0 Å². The van der Waals surface area contributed by atoms with Crippen LogP contribution >= 0.6 is 24.0 Å². The predicted molar refractivity (Wildman–Crippen MR) is 92.0 cm³/mol. The highest BCUT2D eigenvalue weighted by Gasteiger charge is 2.25. The number of nitrogens with two attached hydrogens (primary N) is 1. The van der Waals surface area contributed by atoms with Crippen molar-refractivity contribution in [3.8, 4) is 0 Å². The van der Waals surface area contributed by atoms with Crippen LogP contribution in [0.4, 0.5) is 5.69 Å². The molecule has 6 nitrogen and oxygen atoms in total. The van der Waals surface area contributed by atoms with Crippen LogP contribution in [0, 0.1) is 16.0 Å². The van der Waals surface area contributed by atoms with Gasteiger partial charge in [0, 0.05) is 18.2 Å². The number of rotatable bonds is 5. The molecule has 1 fully saturated rings. The van der Waals surface area contributed by atoms with E-state index in [1.165, 1.54) is 18.2 Å². The molecule has 0 heterocycles. The lowest BCUT2D eigenvalue weighted by molar-refractivity contribution is -0.384. The van der Waals surface area contributed by atoms with E-state index >= 15 is 0 Å². The van der Waals surface area contributed by atoms with Gasteiger partial charge in [-0.15, -0.1) is 12.4 Å². The number of hydrogen-bond donors (Lipinski definition) is 2. The van der Waals surface area contributed by atoms with E-state index < -0.39 is 4.92 Å². The Hall–Kier alpha value is -1.37. The molecule has 0 saturated heterocycles. The highest BCUT2D eigenvalue weighted by molar-refractivity contribution is 6.31. The zero-order valence-corrected chi connectivity index (χ0v) is 14.2. The summed E-state index contributed by atoms with van der Waals surface area (Å²) in [5.74, 6) is 0.200. The van der Waals surface area contributed by atoms with Crippen LogP contribution in [-0.2, 0) is 11.2 Å². The fraction of sp³-hybridized carbons (Fsp3) is 0.533. The van der Waals surface area contributed by atoms with E-state index in [1.54, 1.807) is 0 Å². The van der Waals surface area contributed by atoms with E-state index in [-0.39, 0.29) is 41.5 Å². The van der Waals surface area contributed by atoms with Gasteiger partial charge >= 0.3 is 0 Å². The van der Waals surface area contributed by atoms with Gasteiger partial charge in [-0.1, -0.05) is 30.5 Å². The molecule has 0 aliphatic heterocycles. The maximum absolute atomic E-state index is 12.2. The number of nitrogens with one attached hydrogen (secondary N) is 1. The van der Waals surface area contributed by atoms with Crippen LogP contribution in [0.2, 0.25) is 5.02 Å². The molecule has 1 amide bonds. The molecule has 1 aliphatic carbocycles. The second kappa shape index (κ2) is 9.05. The van der Waals surface area contributed by atoms with E-state index in [4.69, 9.17) is 17.3 Å². The third-order valence-corrected chi connectivity index (χ3v) is 4.51. The molecule has 0 spiro atoms. The second-order valence-corrected chi connectivity index (χ2v) is 6.07. The molecule has 2 unspecified atom stereocenters. The van der Waals surface area contributed by atoms with Crippen molar-refractivity contribution in [2.45, 2.75) is 38.1 Å². The van der Waals surface area contributed by atoms with Crippen LogP contribution in [0.1, 0.15) is 31.2 Å². The highest BCUT2D eigenvalue weighted by Crippen LogP contribution is 2.25. The van der Waals surface area contributed by atoms with Crippen molar-refractivity contribution in [1.82, 2.24) is 5.32 Å². The van der Waals surface area contributed by atoms with Crippen LogP contribution in [0.3, 0.4) is 0 Å². The number of non-ortho nitro benzene ring substituents is 1. The van der Waals surface area contributed by atoms with Gasteiger partial charge in [0.05, 0.1) is 16.4 Å². The van der Waals surface area contributed by atoms with Crippen molar-refractivity contribution in [3.63, 3.8) is 0 Å². The molecule has 23 heavy (non-hydrogen) atoms. The Morgan fingerprint density at radius 1 is 1.39 bits per heavy atom. The lowest BCUT2D eigenvalue weighted by atomic mass is 9.84. The summed E-state index contributed by atoms with van der Waals surface area (Å²) in [5, 5.41) is 13.9. The minimum atomic E-state index is -0.510. The third-order valence-electron chi connectivity index (χ3n) is 4.16. The molecule has 2 atom stereocenters. The maximum Gasteiger partial charge on any atom is 0.270 e. The van der Waals surface area contributed by atoms with E-state index in [2.05, 4.69) is 5.32 Å². The smallest absolute Gasteiger partial charge is 0.270 e. The number of carbonyl (C=O) groups excluding carboxylic acids is 1. The normalized spacial score (nSPS) is 20.4. The Morgan fingerprint density at radius 2 is 2.09 bits per heavy atom. The zero-order chi connectivity index (χ0) is 16.1. The van der Waals surface area contributed by atoms with Crippen molar-refractivity contribution in [3.05, 3.63) is 38.9 Å². The summed E-state index contributed by atoms with van der Waals surface area (Å²) in [4.78, 5) is 22.3. The molecule has 3 N–H and O–H groups in total. The largest absolute Gasteiger partial charge is 0.353 e. The zero-order valence-electron chi connectivity index (χ0n) is 12.7. The fourth-order valence-electron chi connectivity index (χ4n) is 2.90. The van der Waals surface area contributed by atoms with Gasteiger partial charge < -0.3 is 11.1 Å². The monoisotopic (exact) mass is 361 g/mol. The molecular formula is C15H21Cl2N3O3. The SMILES string of the molecule is Cl.NCC1CCCCC1NC(=O)Cc1ccc([N+](=O)[O-])cc1Cl. The molecule has 2 rings (SSSR count). The molecule has 0 aromatic heterocycles. The summed E-state index contributed by atoms with van der Waals surface area (Å²) in [6, 6.07) is 4.27. The number of nitro groups is 1. The highest BCUT2D eigenvalue weighted by atomic mass is 35.5. The number of nitro benzene ring substituents is 1. The summed E-state index contributed by atoms with van der Waals surface area (Å²) in [5.41, 5.74) is 6.26. The van der Waals surface area contributed by atoms with Crippen LogP contribution in [0.15, 0.2) is 18.2 Å². The molecule has 128 valence electrons. The molecule has 0 radical (unpaired) electrons. The lowest BCUT2D eigenvalue weighted by Gasteiger charge is -2.31. The van der Waals surface area contributed by atoms with Crippen molar-refractivity contribution in [2.24, 2.45) is 11.7 Å². The standard InChI is InChI=1S/C15H20ClN3O3.ClH/c16-13-8-12(19(21)22)6-5-10(13)7-15(20)18-14-4-2-1-3-11(14)9-17;/h5-6,8,11,14H,1-4,7,9,17H2,(H,18,20);1H. The van der Waals surface area contributed by atoms with Gasteiger partial charge in [0.1, 0.15) is 0 Å². The Labute approximate surface area is 146 Å². The first-order valence-electron chi connectivity index (χ1n) is 7.43. The molecular weight excluding hydrogens is 341 g/mol. The van der Waals surface area contributed by atoms with E-state index in [9.17, 15) is 14.9 Å². The van der Waals surface area contributed by atoms with Crippen molar-refractivity contribution in [2.75, 3.05) is 6.54 Å². The number of amides is 1. The van der Waals surface area contributed by atoms with Crippen molar-refractivity contribution in [1.29, 1.82) is 0 Å². The van der Waals surface area contributed by atoms with Gasteiger partial charge in [0.2, 0.25) is 5.91 Å². The Morgan fingerprint density at radius 3 is 2.70 bits per heavy atom. The summed E-state index contributed by atoms with van der Waals surface area (Å²) in [6.07, 6.45) is 4.36. The number of halogens is 2. The minimum Gasteiger partial charge on any atom is -0.353 e. The first-order valence-corrected chi connectivity index (χ1v) is 7.81. The predicted octanol–water partition coefficient (Wildman–Crippen LogP) is 2.85. The molecule has 1 saturated carbocycles. The van der Waals surface area contributed by atoms with Gasteiger partial charge in [-0.2, -0.15) is 0 Å². The Bertz CT molecular complexity index is 569. The summed E-state index contributed by atoms with van der Waals surface area (Å²) >= 11 is 6.01. The van der Waals surface area contributed by atoms with Crippen LogP contribution in [-0.4, -0.2) is 23.4 Å². The quantitative estimate of drug-likeness (QED) is 0.622. The Kier molecular flexibility index (Phi) is 7.75. The first kappa shape index (κ1) is 19.7. The summed E-state index contributed by atoms with van der Waals surface area (Å²) in [7, 11) is 0. The first-order chi connectivity index (χ1) is 10.5. The van der Waals surface area contributed by atoms with Gasteiger partial charge in [-0.05, 0) is 30.9 Å².